The number of hydrogen-bond donors (Lipinski definition) is 1. The molecular weight excluding hydrogens is 440 g/mol. The lowest BCUT2D eigenvalue weighted by Crippen LogP contribution is -2.33. The van der Waals surface area contributed by atoms with Gasteiger partial charge in [0.1, 0.15) is 9.88 Å². The van der Waals surface area contributed by atoms with Crippen LogP contribution in [0.2, 0.25) is 0 Å². The lowest BCUT2D eigenvalue weighted by atomic mass is 10.0. The predicted molar refractivity (Wildman–Crippen MR) is 126 cm³/mol. The number of benzene rings is 2. The molecule has 1 atom stereocenters. The second kappa shape index (κ2) is 10.0. The van der Waals surface area contributed by atoms with Crippen molar-refractivity contribution < 1.29 is 23.8 Å². The smallest absolute Gasteiger partial charge is 0.350 e. The Morgan fingerprint density at radius 2 is 1.82 bits per heavy atom. The van der Waals surface area contributed by atoms with Crippen LogP contribution in [0.25, 0.3) is 10.6 Å². The molecule has 0 aliphatic heterocycles. The van der Waals surface area contributed by atoms with E-state index in [1.807, 2.05) is 36.4 Å². The normalized spacial score (nSPS) is 13.8. The molecule has 1 saturated carbocycles. The van der Waals surface area contributed by atoms with Crippen molar-refractivity contribution in [3.63, 3.8) is 0 Å². The SMILES string of the molecule is COc1ccc(-c2nc(C)c(C(=O)OCC(=O)NC(c3ccccc3)C3CC3)s2)cc1OC. The fraction of sp³-hybridized carbons (Fsp3) is 0.320. The zero-order valence-electron chi connectivity index (χ0n) is 18.8. The highest BCUT2D eigenvalue weighted by atomic mass is 32.1. The second-order valence-corrected chi connectivity index (χ2v) is 8.87. The highest BCUT2D eigenvalue weighted by molar-refractivity contribution is 7.17. The molecule has 33 heavy (non-hydrogen) atoms. The van der Waals surface area contributed by atoms with Crippen molar-refractivity contribution in [2.45, 2.75) is 25.8 Å². The summed E-state index contributed by atoms with van der Waals surface area (Å²) >= 11 is 1.22. The molecule has 1 aromatic heterocycles. The van der Waals surface area contributed by atoms with Gasteiger partial charge in [0.2, 0.25) is 0 Å². The van der Waals surface area contributed by atoms with Crippen LogP contribution in [-0.2, 0) is 9.53 Å². The summed E-state index contributed by atoms with van der Waals surface area (Å²) in [6.45, 7) is 1.41. The highest BCUT2D eigenvalue weighted by Gasteiger charge is 2.33. The number of thiazole rings is 1. The Balaban J connectivity index is 1.40. The summed E-state index contributed by atoms with van der Waals surface area (Å²) in [4.78, 5) is 30.0. The monoisotopic (exact) mass is 466 g/mol. The number of nitrogens with one attached hydrogen (secondary N) is 1. The van der Waals surface area contributed by atoms with Crippen molar-refractivity contribution in [3.05, 3.63) is 64.7 Å². The lowest BCUT2D eigenvalue weighted by molar-refractivity contribution is -0.125. The van der Waals surface area contributed by atoms with Crippen LogP contribution < -0.4 is 14.8 Å². The number of carbonyl (C=O) groups is 2. The molecule has 7 nitrogen and oxygen atoms in total. The van der Waals surface area contributed by atoms with Gasteiger partial charge >= 0.3 is 5.97 Å². The molecule has 2 aromatic carbocycles. The number of esters is 1. The van der Waals surface area contributed by atoms with Gasteiger partial charge in [-0.25, -0.2) is 9.78 Å². The van der Waals surface area contributed by atoms with E-state index in [4.69, 9.17) is 14.2 Å². The summed E-state index contributed by atoms with van der Waals surface area (Å²) in [5.74, 6) is 0.744. The van der Waals surface area contributed by atoms with E-state index in [1.54, 1.807) is 33.3 Å². The number of nitrogens with zero attached hydrogens (tertiary/aromatic N) is 1. The van der Waals surface area contributed by atoms with Gasteiger partial charge in [-0.05, 0) is 49.4 Å². The zero-order valence-corrected chi connectivity index (χ0v) is 19.6. The Morgan fingerprint density at radius 3 is 2.48 bits per heavy atom. The summed E-state index contributed by atoms with van der Waals surface area (Å²) in [7, 11) is 3.14. The number of amides is 1. The van der Waals surface area contributed by atoms with Gasteiger partial charge in [-0.2, -0.15) is 0 Å². The van der Waals surface area contributed by atoms with E-state index in [-0.39, 0.29) is 18.6 Å². The lowest BCUT2D eigenvalue weighted by Gasteiger charge is -2.18. The van der Waals surface area contributed by atoms with Crippen molar-refractivity contribution >= 4 is 23.2 Å². The van der Waals surface area contributed by atoms with Crippen LogP contribution in [0.15, 0.2) is 48.5 Å². The van der Waals surface area contributed by atoms with Gasteiger partial charge < -0.3 is 19.5 Å². The number of aromatic nitrogens is 1. The Labute approximate surface area is 196 Å². The first-order chi connectivity index (χ1) is 16.0. The number of hydrogen-bond acceptors (Lipinski definition) is 7. The Hall–Kier alpha value is -3.39. The summed E-state index contributed by atoms with van der Waals surface area (Å²) < 4.78 is 15.9. The van der Waals surface area contributed by atoms with Crippen LogP contribution in [-0.4, -0.2) is 37.7 Å². The van der Waals surface area contributed by atoms with Crippen molar-refractivity contribution in [3.8, 4) is 22.1 Å². The quantitative estimate of drug-likeness (QED) is 0.465. The topological polar surface area (TPSA) is 86.8 Å². The van der Waals surface area contributed by atoms with Crippen LogP contribution in [0.1, 0.15) is 39.8 Å². The van der Waals surface area contributed by atoms with Crippen LogP contribution in [0.5, 0.6) is 11.5 Å². The number of rotatable bonds is 9. The van der Waals surface area contributed by atoms with Crippen LogP contribution in [0.3, 0.4) is 0 Å². The fourth-order valence-electron chi connectivity index (χ4n) is 3.65. The molecule has 1 aliphatic rings. The van der Waals surface area contributed by atoms with Crippen LogP contribution >= 0.6 is 11.3 Å². The molecule has 1 N–H and O–H groups in total. The third-order valence-electron chi connectivity index (χ3n) is 5.52. The number of ether oxygens (including phenoxy) is 3. The average Bonchev–Trinajstić information content (AvgIpc) is 3.61. The minimum Gasteiger partial charge on any atom is -0.493 e. The Bertz CT molecular complexity index is 1140. The van der Waals surface area contributed by atoms with E-state index in [9.17, 15) is 9.59 Å². The summed E-state index contributed by atoms with van der Waals surface area (Å²) in [5.41, 5.74) is 2.42. The molecule has 3 aromatic rings. The van der Waals surface area contributed by atoms with Crippen LogP contribution in [0, 0.1) is 12.8 Å². The fourth-order valence-corrected chi connectivity index (χ4v) is 4.61. The Morgan fingerprint density at radius 1 is 1.09 bits per heavy atom. The van der Waals surface area contributed by atoms with Gasteiger partial charge in [0.05, 0.1) is 26.0 Å². The molecule has 1 heterocycles. The molecular formula is C25H26N2O5S. The van der Waals surface area contributed by atoms with E-state index < -0.39 is 5.97 Å². The largest absolute Gasteiger partial charge is 0.493 e. The second-order valence-electron chi connectivity index (χ2n) is 7.87. The molecule has 8 heteroatoms. The minimum absolute atomic E-state index is 0.0563. The maximum Gasteiger partial charge on any atom is 0.350 e. The minimum atomic E-state index is -0.561. The standard InChI is InChI=1S/C25H26N2O5S/c1-15-23(33-24(26-15)18-11-12-19(30-2)20(13-18)31-3)25(29)32-14-21(28)27-22(17-9-10-17)16-7-5-4-6-8-16/h4-8,11-13,17,22H,9-10,14H2,1-3H3,(H,27,28). The third-order valence-corrected chi connectivity index (χ3v) is 6.70. The van der Waals surface area contributed by atoms with Crippen molar-refractivity contribution in [1.29, 1.82) is 0 Å². The Kier molecular flexibility index (Phi) is 6.93. The summed E-state index contributed by atoms with van der Waals surface area (Å²) in [6.07, 6.45) is 2.16. The summed E-state index contributed by atoms with van der Waals surface area (Å²) in [6, 6.07) is 15.3. The van der Waals surface area contributed by atoms with E-state index in [0.717, 1.165) is 24.0 Å². The van der Waals surface area contributed by atoms with Gasteiger partial charge in [0.25, 0.3) is 5.91 Å². The summed E-state index contributed by atoms with van der Waals surface area (Å²) in [5, 5.41) is 3.67. The first kappa shape index (κ1) is 22.8. The molecule has 0 radical (unpaired) electrons. The highest BCUT2D eigenvalue weighted by Crippen LogP contribution is 2.41. The van der Waals surface area contributed by atoms with Crippen LogP contribution in [0.4, 0.5) is 0 Å². The molecule has 0 saturated heterocycles. The number of aryl methyl sites for hydroxylation is 1. The van der Waals surface area contributed by atoms with E-state index >= 15 is 0 Å². The van der Waals surface area contributed by atoms with Gasteiger partial charge in [-0.1, -0.05) is 30.3 Å². The molecule has 4 rings (SSSR count). The van der Waals surface area contributed by atoms with Crippen molar-refractivity contribution in [2.24, 2.45) is 5.92 Å². The predicted octanol–water partition coefficient (Wildman–Crippen LogP) is 4.56. The molecule has 1 amide bonds. The maximum absolute atomic E-state index is 12.7. The van der Waals surface area contributed by atoms with Crippen molar-refractivity contribution in [1.82, 2.24) is 10.3 Å². The average molecular weight is 467 g/mol. The van der Waals surface area contributed by atoms with E-state index in [2.05, 4.69) is 10.3 Å². The van der Waals surface area contributed by atoms with Gasteiger partial charge in [-0.3, -0.25) is 4.79 Å². The maximum atomic E-state index is 12.7. The first-order valence-corrected chi connectivity index (χ1v) is 11.5. The molecule has 1 fully saturated rings. The third kappa shape index (κ3) is 5.34. The van der Waals surface area contributed by atoms with Crippen molar-refractivity contribution in [2.75, 3.05) is 20.8 Å². The molecule has 1 aliphatic carbocycles. The first-order valence-electron chi connectivity index (χ1n) is 10.7. The van der Waals surface area contributed by atoms with Gasteiger partial charge in [0, 0.05) is 5.56 Å². The number of methoxy groups -OCH3 is 2. The molecule has 0 spiro atoms. The van der Waals surface area contributed by atoms with Gasteiger partial charge in [-0.15, -0.1) is 11.3 Å². The van der Waals surface area contributed by atoms with Gasteiger partial charge in [0.15, 0.2) is 18.1 Å². The molecule has 172 valence electrons. The van der Waals surface area contributed by atoms with E-state index in [0.29, 0.717) is 33.0 Å². The number of carbonyl (C=O) groups excluding carboxylic acids is 2. The zero-order chi connectivity index (χ0) is 23.4. The molecule has 0 bridgehead atoms. The molecule has 1 unspecified atom stereocenters. The van der Waals surface area contributed by atoms with E-state index in [1.165, 1.54) is 11.3 Å².